The lowest BCUT2D eigenvalue weighted by atomic mass is 10.0. The quantitative estimate of drug-likeness (QED) is 0.412. The van der Waals surface area contributed by atoms with E-state index in [1.807, 2.05) is 56.3 Å². The normalized spacial score (nSPS) is 12.2. The highest BCUT2D eigenvalue weighted by Crippen LogP contribution is 2.25. The summed E-state index contributed by atoms with van der Waals surface area (Å²) in [5, 5.41) is 19.9. The van der Waals surface area contributed by atoms with E-state index in [0.717, 1.165) is 22.0 Å². The molecule has 0 bridgehead atoms. The molecule has 0 unspecified atom stereocenters. The van der Waals surface area contributed by atoms with Gasteiger partial charge >= 0.3 is 0 Å². The van der Waals surface area contributed by atoms with E-state index in [2.05, 4.69) is 15.8 Å². The minimum Gasteiger partial charge on any atom is -0.507 e. The minimum absolute atomic E-state index is 0.110. The van der Waals surface area contributed by atoms with Gasteiger partial charge in [0.2, 0.25) is 0 Å². The van der Waals surface area contributed by atoms with Crippen LogP contribution in [0, 0.1) is 6.92 Å². The molecule has 144 valence electrons. The Morgan fingerprint density at radius 1 is 1.21 bits per heavy atom. The zero-order valence-electron chi connectivity index (χ0n) is 15.7. The van der Waals surface area contributed by atoms with Gasteiger partial charge in [-0.1, -0.05) is 48.9 Å². The molecule has 5 nitrogen and oxygen atoms in total. The summed E-state index contributed by atoms with van der Waals surface area (Å²) in [5.41, 5.74) is 4.93. The Labute approximate surface area is 169 Å². The van der Waals surface area contributed by atoms with E-state index in [4.69, 9.17) is 11.6 Å². The number of hydrogen-bond donors (Lipinski definition) is 3. The maximum atomic E-state index is 12.5. The zero-order chi connectivity index (χ0) is 20.1. The SMILES string of the molecule is CC[C@H](Nc1ccc(Cl)cc1C)C(=O)NN=Cc1c(O)ccc2ccccc12. The molecule has 0 aliphatic rings. The Morgan fingerprint density at radius 2 is 2.00 bits per heavy atom. The second kappa shape index (κ2) is 8.76. The minimum atomic E-state index is -0.446. The summed E-state index contributed by atoms with van der Waals surface area (Å²) < 4.78 is 0. The monoisotopic (exact) mass is 395 g/mol. The number of aromatic hydroxyl groups is 1. The van der Waals surface area contributed by atoms with E-state index < -0.39 is 6.04 Å². The number of fused-ring (bicyclic) bond motifs is 1. The van der Waals surface area contributed by atoms with E-state index >= 15 is 0 Å². The number of halogens is 1. The van der Waals surface area contributed by atoms with Gasteiger partial charge in [-0.2, -0.15) is 5.10 Å². The fraction of sp³-hybridized carbons (Fsp3) is 0.182. The fourth-order valence-electron chi connectivity index (χ4n) is 2.99. The van der Waals surface area contributed by atoms with Gasteiger partial charge in [0, 0.05) is 16.3 Å². The summed E-state index contributed by atoms with van der Waals surface area (Å²) >= 11 is 5.98. The number of aryl methyl sites for hydroxylation is 1. The number of rotatable bonds is 6. The molecule has 28 heavy (non-hydrogen) atoms. The van der Waals surface area contributed by atoms with Gasteiger partial charge in [-0.05, 0) is 53.9 Å². The molecular weight excluding hydrogens is 374 g/mol. The number of hydrazone groups is 1. The van der Waals surface area contributed by atoms with Crippen molar-refractivity contribution in [2.24, 2.45) is 5.10 Å². The van der Waals surface area contributed by atoms with Crippen LogP contribution in [0.2, 0.25) is 5.02 Å². The van der Waals surface area contributed by atoms with Gasteiger partial charge in [-0.3, -0.25) is 4.79 Å². The topological polar surface area (TPSA) is 73.7 Å². The first-order chi connectivity index (χ1) is 13.5. The summed E-state index contributed by atoms with van der Waals surface area (Å²) in [6.45, 7) is 3.85. The van der Waals surface area contributed by atoms with Crippen molar-refractivity contribution in [3.05, 3.63) is 70.7 Å². The van der Waals surface area contributed by atoms with Crippen LogP contribution in [-0.4, -0.2) is 23.3 Å². The number of carbonyl (C=O) groups is 1. The smallest absolute Gasteiger partial charge is 0.262 e. The van der Waals surface area contributed by atoms with Crippen molar-refractivity contribution < 1.29 is 9.90 Å². The van der Waals surface area contributed by atoms with Crippen LogP contribution in [0.3, 0.4) is 0 Å². The number of amides is 1. The number of carbonyl (C=O) groups excluding carboxylic acids is 1. The molecule has 0 aromatic heterocycles. The van der Waals surface area contributed by atoms with E-state index in [-0.39, 0.29) is 11.7 Å². The fourth-order valence-corrected chi connectivity index (χ4v) is 3.21. The molecule has 0 fully saturated rings. The van der Waals surface area contributed by atoms with E-state index in [1.165, 1.54) is 6.21 Å². The largest absolute Gasteiger partial charge is 0.507 e. The summed E-state index contributed by atoms with van der Waals surface area (Å²) in [5.74, 6) is -0.147. The average molecular weight is 396 g/mol. The third-order valence-corrected chi connectivity index (χ3v) is 4.79. The van der Waals surface area contributed by atoms with E-state index in [9.17, 15) is 9.90 Å². The molecule has 6 heteroatoms. The summed E-state index contributed by atoms with van der Waals surface area (Å²) in [4.78, 5) is 12.5. The third-order valence-electron chi connectivity index (χ3n) is 4.56. The van der Waals surface area contributed by atoms with Crippen LogP contribution in [0.1, 0.15) is 24.5 Å². The zero-order valence-corrected chi connectivity index (χ0v) is 16.5. The third kappa shape index (κ3) is 4.43. The van der Waals surface area contributed by atoms with Crippen molar-refractivity contribution >= 4 is 40.2 Å². The van der Waals surface area contributed by atoms with Crippen LogP contribution in [0.4, 0.5) is 5.69 Å². The Morgan fingerprint density at radius 3 is 2.75 bits per heavy atom. The Balaban J connectivity index is 1.73. The lowest BCUT2D eigenvalue weighted by molar-refractivity contribution is -0.121. The van der Waals surface area contributed by atoms with Crippen LogP contribution < -0.4 is 10.7 Å². The van der Waals surface area contributed by atoms with Crippen molar-refractivity contribution in [3.63, 3.8) is 0 Å². The Kier molecular flexibility index (Phi) is 6.16. The van der Waals surface area contributed by atoms with Gasteiger partial charge < -0.3 is 10.4 Å². The van der Waals surface area contributed by atoms with Gasteiger partial charge in [-0.15, -0.1) is 0 Å². The second-order valence-electron chi connectivity index (χ2n) is 6.52. The first-order valence-electron chi connectivity index (χ1n) is 9.06. The predicted octanol–water partition coefficient (Wildman–Crippen LogP) is 4.85. The Hall–Kier alpha value is -3.05. The van der Waals surface area contributed by atoms with Crippen LogP contribution in [0.15, 0.2) is 59.7 Å². The van der Waals surface area contributed by atoms with Gasteiger partial charge in [-0.25, -0.2) is 5.43 Å². The molecule has 1 atom stereocenters. The number of nitrogens with zero attached hydrogens (tertiary/aromatic N) is 1. The molecule has 3 aromatic rings. The van der Waals surface area contributed by atoms with Crippen molar-refractivity contribution in [2.75, 3.05) is 5.32 Å². The molecule has 0 radical (unpaired) electrons. The summed E-state index contributed by atoms with van der Waals surface area (Å²) in [6, 6.07) is 16.2. The van der Waals surface area contributed by atoms with E-state index in [1.54, 1.807) is 12.1 Å². The van der Waals surface area contributed by atoms with Gasteiger partial charge in [0.15, 0.2) is 0 Å². The van der Waals surface area contributed by atoms with Crippen molar-refractivity contribution in [1.29, 1.82) is 0 Å². The molecule has 1 amide bonds. The highest BCUT2D eigenvalue weighted by atomic mass is 35.5. The number of benzene rings is 3. The highest BCUT2D eigenvalue weighted by Gasteiger charge is 2.16. The van der Waals surface area contributed by atoms with Gasteiger partial charge in [0.1, 0.15) is 11.8 Å². The van der Waals surface area contributed by atoms with Crippen LogP contribution in [-0.2, 0) is 4.79 Å². The molecule has 0 aliphatic carbocycles. The molecule has 0 spiro atoms. The molecule has 0 aliphatic heterocycles. The molecule has 3 rings (SSSR count). The molecule has 3 N–H and O–H groups in total. The molecule has 0 saturated carbocycles. The van der Waals surface area contributed by atoms with Crippen molar-refractivity contribution in [1.82, 2.24) is 5.43 Å². The van der Waals surface area contributed by atoms with Crippen molar-refractivity contribution in [2.45, 2.75) is 26.3 Å². The highest BCUT2D eigenvalue weighted by molar-refractivity contribution is 6.30. The summed E-state index contributed by atoms with van der Waals surface area (Å²) in [6.07, 6.45) is 2.05. The molecule has 0 heterocycles. The van der Waals surface area contributed by atoms with E-state index in [0.29, 0.717) is 17.0 Å². The lowest BCUT2D eigenvalue weighted by Gasteiger charge is -2.18. The number of phenolic OH excluding ortho intramolecular Hbond substituents is 1. The molecule has 3 aromatic carbocycles. The Bertz CT molecular complexity index is 1030. The molecule has 0 saturated heterocycles. The van der Waals surface area contributed by atoms with Gasteiger partial charge in [0.25, 0.3) is 5.91 Å². The first kappa shape index (κ1) is 19.7. The van der Waals surface area contributed by atoms with Crippen LogP contribution >= 0.6 is 11.6 Å². The predicted molar refractivity (Wildman–Crippen MR) is 115 cm³/mol. The van der Waals surface area contributed by atoms with Crippen LogP contribution in [0.25, 0.3) is 10.8 Å². The number of hydrogen-bond acceptors (Lipinski definition) is 4. The number of nitrogens with one attached hydrogen (secondary N) is 2. The van der Waals surface area contributed by atoms with Crippen LogP contribution in [0.5, 0.6) is 5.75 Å². The second-order valence-corrected chi connectivity index (χ2v) is 6.95. The first-order valence-corrected chi connectivity index (χ1v) is 9.43. The summed E-state index contributed by atoms with van der Waals surface area (Å²) in [7, 11) is 0. The average Bonchev–Trinajstić information content (AvgIpc) is 2.69. The molecular formula is C22H22ClN3O2. The van der Waals surface area contributed by atoms with Crippen molar-refractivity contribution in [3.8, 4) is 5.75 Å². The lowest BCUT2D eigenvalue weighted by Crippen LogP contribution is -2.37. The maximum Gasteiger partial charge on any atom is 0.262 e. The standard InChI is InChI=1S/C22H22ClN3O2/c1-3-19(25-20-10-9-16(23)12-14(20)2)22(28)26-24-13-18-17-7-5-4-6-15(17)8-11-21(18)27/h4-13,19,25,27H,3H2,1-2H3,(H,26,28)/t19-/m0/s1. The number of phenols is 1. The van der Waals surface area contributed by atoms with Gasteiger partial charge in [0.05, 0.1) is 6.21 Å². The maximum absolute atomic E-state index is 12.5. The number of anilines is 1.